The summed E-state index contributed by atoms with van der Waals surface area (Å²) in [6.45, 7) is 8.50. The van der Waals surface area contributed by atoms with E-state index in [1.54, 1.807) is 0 Å². The highest BCUT2D eigenvalue weighted by molar-refractivity contribution is 7.15. The first-order valence-electron chi connectivity index (χ1n) is 6.96. The van der Waals surface area contributed by atoms with Gasteiger partial charge in [-0.05, 0) is 25.2 Å². The SMILES string of the molecule is CC(C)(C)c1nc(N2CC3CCC2C3)sc1CN. The molecule has 0 radical (unpaired) electrons. The maximum Gasteiger partial charge on any atom is 0.186 e. The van der Waals surface area contributed by atoms with Gasteiger partial charge < -0.3 is 10.6 Å². The van der Waals surface area contributed by atoms with Crippen molar-refractivity contribution >= 4 is 16.5 Å². The molecule has 1 saturated carbocycles. The summed E-state index contributed by atoms with van der Waals surface area (Å²) in [7, 11) is 0. The lowest BCUT2D eigenvalue weighted by Crippen LogP contribution is -2.31. The number of nitrogens with zero attached hydrogens (tertiary/aromatic N) is 2. The van der Waals surface area contributed by atoms with Crippen molar-refractivity contribution in [1.29, 1.82) is 0 Å². The van der Waals surface area contributed by atoms with Crippen molar-refractivity contribution in [2.75, 3.05) is 11.4 Å². The molecule has 0 aromatic carbocycles. The zero-order chi connectivity index (χ0) is 12.9. The summed E-state index contributed by atoms with van der Waals surface area (Å²) in [6.07, 6.45) is 4.15. The van der Waals surface area contributed by atoms with E-state index < -0.39 is 0 Å². The van der Waals surface area contributed by atoms with E-state index in [0.717, 1.165) is 12.0 Å². The molecule has 2 bridgehead atoms. The summed E-state index contributed by atoms with van der Waals surface area (Å²) in [6, 6.07) is 0.750. The van der Waals surface area contributed by atoms with Gasteiger partial charge in [0.25, 0.3) is 0 Å². The maximum atomic E-state index is 5.89. The van der Waals surface area contributed by atoms with E-state index in [-0.39, 0.29) is 5.41 Å². The van der Waals surface area contributed by atoms with Crippen molar-refractivity contribution in [2.45, 2.75) is 58.0 Å². The Morgan fingerprint density at radius 3 is 2.61 bits per heavy atom. The Morgan fingerprint density at radius 2 is 2.17 bits per heavy atom. The van der Waals surface area contributed by atoms with E-state index in [1.807, 2.05) is 11.3 Å². The van der Waals surface area contributed by atoms with Gasteiger partial charge in [0.1, 0.15) is 0 Å². The summed E-state index contributed by atoms with van der Waals surface area (Å²) in [5.74, 6) is 0.915. The molecule has 3 rings (SSSR count). The predicted molar refractivity (Wildman–Crippen MR) is 77.2 cm³/mol. The van der Waals surface area contributed by atoms with Crippen LogP contribution in [0.2, 0.25) is 0 Å². The Morgan fingerprint density at radius 1 is 1.39 bits per heavy atom. The molecule has 100 valence electrons. The van der Waals surface area contributed by atoms with Crippen LogP contribution in [0.15, 0.2) is 0 Å². The van der Waals surface area contributed by atoms with E-state index in [0.29, 0.717) is 6.54 Å². The predicted octanol–water partition coefficient (Wildman–Crippen LogP) is 2.89. The third-order valence-corrected chi connectivity index (χ3v) is 5.35. The minimum absolute atomic E-state index is 0.0994. The largest absolute Gasteiger partial charge is 0.345 e. The molecule has 2 N–H and O–H groups in total. The summed E-state index contributed by atoms with van der Waals surface area (Å²) in [5, 5.41) is 1.22. The van der Waals surface area contributed by atoms with Crippen LogP contribution in [-0.4, -0.2) is 17.6 Å². The van der Waals surface area contributed by atoms with Crippen LogP contribution in [0, 0.1) is 5.92 Å². The van der Waals surface area contributed by atoms with Gasteiger partial charge in [0, 0.05) is 29.4 Å². The van der Waals surface area contributed by atoms with Gasteiger partial charge in [-0.3, -0.25) is 0 Å². The zero-order valence-electron chi connectivity index (χ0n) is 11.6. The third-order valence-electron chi connectivity index (χ3n) is 4.24. The van der Waals surface area contributed by atoms with E-state index in [4.69, 9.17) is 10.7 Å². The lowest BCUT2D eigenvalue weighted by atomic mass is 9.91. The smallest absolute Gasteiger partial charge is 0.186 e. The normalized spacial score (nSPS) is 27.2. The Kier molecular flexibility index (Phi) is 2.90. The van der Waals surface area contributed by atoms with Crippen LogP contribution in [0.5, 0.6) is 0 Å². The molecule has 0 amide bonds. The van der Waals surface area contributed by atoms with Crippen LogP contribution >= 0.6 is 11.3 Å². The van der Waals surface area contributed by atoms with Crippen LogP contribution in [-0.2, 0) is 12.0 Å². The molecule has 2 atom stereocenters. The molecule has 2 heterocycles. The van der Waals surface area contributed by atoms with Gasteiger partial charge in [-0.15, -0.1) is 11.3 Å². The van der Waals surface area contributed by atoms with Crippen molar-refractivity contribution in [3.63, 3.8) is 0 Å². The fourth-order valence-corrected chi connectivity index (χ4v) is 4.58. The first-order valence-corrected chi connectivity index (χ1v) is 7.77. The summed E-state index contributed by atoms with van der Waals surface area (Å²) in [5.41, 5.74) is 7.19. The fraction of sp³-hybridized carbons (Fsp3) is 0.786. The van der Waals surface area contributed by atoms with Crippen molar-refractivity contribution in [3.8, 4) is 0 Å². The monoisotopic (exact) mass is 265 g/mol. The van der Waals surface area contributed by atoms with E-state index in [1.165, 1.54) is 41.5 Å². The minimum Gasteiger partial charge on any atom is -0.345 e. The Balaban J connectivity index is 1.92. The summed E-state index contributed by atoms with van der Waals surface area (Å²) >= 11 is 1.81. The fourth-order valence-electron chi connectivity index (χ4n) is 3.35. The van der Waals surface area contributed by atoms with Crippen molar-refractivity contribution in [3.05, 3.63) is 10.6 Å². The molecule has 1 saturated heterocycles. The van der Waals surface area contributed by atoms with Gasteiger partial charge in [0.2, 0.25) is 0 Å². The lowest BCUT2D eigenvalue weighted by Gasteiger charge is -2.26. The van der Waals surface area contributed by atoms with Gasteiger partial charge in [-0.25, -0.2) is 4.98 Å². The first kappa shape index (κ1) is 12.4. The number of aromatic nitrogens is 1. The molecule has 1 aromatic rings. The minimum atomic E-state index is 0.0994. The number of anilines is 1. The first-order chi connectivity index (χ1) is 8.49. The lowest BCUT2D eigenvalue weighted by molar-refractivity contribution is 0.545. The number of nitrogens with two attached hydrogens (primary N) is 1. The second kappa shape index (κ2) is 4.20. The highest BCUT2D eigenvalue weighted by Gasteiger charge is 2.39. The molecule has 0 spiro atoms. The molecular weight excluding hydrogens is 242 g/mol. The van der Waals surface area contributed by atoms with Crippen molar-refractivity contribution in [1.82, 2.24) is 4.98 Å². The molecule has 4 heteroatoms. The number of hydrogen-bond acceptors (Lipinski definition) is 4. The second-order valence-electron chi connectivity index (χ2n) is 6.71. The molecule has 2 fully saturated rings. The van der Waals surface area contributed by atoms with Gasteiger partial charge in [-0.2, -0.15) is 0 Å². The van der Waals surface area contributed by atoms with Crippen LogP contribution in [0.1, 0.15) is 50.6 Å². The average Bonchev–Trinajstić information content (AvgIpc) is 3.01. The van der Waals surface area contributed by atoms with Crippen molar-refractivity contribution < 1.29 is 0 Å². The van der Waals surface area contributed by atoms with Gasteiger partial charge >= 0.3 is 0 Å². The van der Waals surface area contributed by atoms with Crippen LogP contribution in [0.4, 0.5) is 5.13 Å². The highest BCUT2D eigenvalue weighted by atomic mass is 32.1. The number of piperidine rings is 1. The second-order valence-corrected chi connectivity index (χ2v) is 7.77. The number of thiazole rings is 1. The van der Waals surface area contributed by atoms with E-state index >= 15 is 0 Å². The molecule has 18 heavy (non-hydrogen) atoms. The summed E-state index contributed by atoms with van der Waals surface area (Å²) < 4.78 is 0. The van der Waals surface area contributed by atoms with Crippen LogP contribution < -0.4 is 10.6 Å². The highest BCUT2D eigenvalue weighted by Crippen LogP contribution is 2.43. The standard InChI is InChI=1S/C14H23N3S/c1-14(2,3)12-11(7-15)18-13(16-12)17-8-9-4-5-10(17)6-9/h9-10H,4-8,15H2,1-3H3. The van der Waals surface area contributed by atoms with E-state index in [2.05, 4.69) is 25.7 Å². The molecule has 3 nitrogen and oxygen atoms in total. The Labute approximate surface area is 113 Å². The third kappa shape index (κ3) is 1.95. The molecule has 1 aliphatic carbocycles. The average molecular weight is 265 g/mol. The van der Waals surface area contributed by atoms with Gasteiger partial charge in [-0.1, -0.05) is 20.8 Å². The number of hydrogen-bond donors (Lipinski definition) is 1. The molecule has 1 aliphatic heterocycles. The Hall–Kier alpha value is -0.610. The van der Waals surface area contributed by atoms with Gasteiger partial charge in [0.05, 0.1) is 5.69 Å². The van der Waals surface area contributed by atoms with E-state index in [9.17, 15) is 0 Å². The zero-order valence-corrected chi connectivity index (χ0v) is 12.4. The van der Waals surface area contributed by atoms with Gasteiger partial charge in [0.15, 0.2) is 5.13 Å². The number of fused-ring (bicyclic) bond motifs is 2. The van der Waals surface area contributed by atoms with Crippen LogP contribution in [0.3, 0.4) is 0 Å². The number of rotatable bonds is 2. The Bertz CT molecular complexity index is 446. The summed E-state index contributed by atoms with van der Waals surface area (Å²) in [4.78, 5) is 8.72. The molecule has 1 aromatic heterocycles. The quantitative estimate of drug-likeness (QED) is 0.894. The van der Waals surface area contributed by atoms with Crippen LogP contribution in [0.25, 0.3) is 0 Å². The molecule has 2 aliphatic rings. The molecular formula is C14H23N3S. The topological polar surface area (TPSA) is 42.2 Å². The maximum absolute atomic E-state index is 5.89. The van der Waals surface area contributed by atoms with Crippen molar-refractivity contribution in [2.24, 2.45) is 11.7 Å². The molecule has 2 unspecified atom stereocenters.